The summed E-state index contributed by atoms with van der Waals surface area (Å²) in [6.45, 7) is 2.38. The Hall–Kier alpha value is -2.44. The summed E-state index contributed by atoms with van der Waals surface area (Å²) in [4.78, 5) is 13.8. The third-order valence-corrected chi connectivity index (χ3v) is 3.57. The van der Waals surface area contributed by atoms with Crippen LogP contribution in [0.4, 0.5) is 20.3 Å². The van der Waals surface area contributed by atoms with E-state index in [4.69, 9.17) is 4.52 Å². The first-order chi connectivity index (χ1) is 10.5. The third kappa shape index (κ3) is 2.93. The van der Waals surface area contributed by atoms with E-state index in [-0.39, 0.29) is 12.5 Å². The van der Waals surface area contributed by atoms with Crippen molar-refractivity contribution in [2.24, 2.45) is 0 Å². The predicted octanol–water partition coefficient (Wildman–Crippen LogP) is 2.65. The molecule has 0 unspecified atom stereocenters. The number of rotatable bonds is 3. The summed E-state index contributed by atoms with van der Waals surface area (Å²) < 4.78 is 31.6. The van der Waals surface area contributed by atoms with Gasteiger partial charge >= 0.3 is 0 Å². The molecule has 5 nitrogen and oxygen atoms in total. The molecule has 1 aliphatic rings. The fourth-order valence-corrected chi connectivity index (χ4v) is 2.60. The molecule has 2 aromatic rings. The zero-order valence-corrected chi connectivity index (χ0v) is 12.0. The van der Waals surface area contributed by atoms with Crippen molar-refractivity contribution in [3.05, 3.63) is 41.2 Å². The van der Waals surface area contributed by atoms with Gasteiger partial charge in [-0.25, -0.2) is 8.78 Å². The number of carbonyl (C=O) groups excluding carboxylic acids is 1. The molecule has 3 rings (SSSR count). The smallest absolute Gasteiger partial charge is 0.245 e. The van der Waals surface area contributed by atoms with Gasteiger partial charge in [0.1, 0.15) is 5.76 Å². The van der Waals surface area contributed by atoms with Gasteiger partial charge in [0.05, 0.1) is 6.54 Å². The molecule has 0 bridgehead atoms. The van der Waals surface area contributed by atoms with E-state index in [1.165, 1.54) is 6.07 Å². The summed E-state index contributed by atoms with van der Waals surface area (Å²) in [5.74, 6) is -1.12. The molecule has 1 aromatic carbocycles. The lowest BCUT2D eigenvalue weighted by molar-refractivity contribution is -0.115. The number of amides is 1. The maximum atomic E-state index is 13.4. The Bertz CT molecular complexity index is 715. The molecule has 7 heteroatoms. The first-order valence-corrected chi connectivity index (χ1v) is 6.99. The number of halogens is 2. The molecule has 1 amide bonds. The van der Waals surface area contributed by atoms with Gasteiger partial charge in [-0.05, 0) is 31.4 Å². The highest BCUT2D eigenvalue weighted by Crippen LogP contribution is 2.29. The standard InChI is InChI=1S/C15H15F2N3O2/c1-9-5-14(19-22-9)18-15(21)8-20-4-2-3-10-6-11(16)12(17)7-13(10)20/h5-7H,2-4,8H2,1H3,(H,18,19,21). The number of carbonyl (C=O) groups is 1. The molecular formula is C15H15F2N3O2. The minimum absolute atomic E-state index is 0.0456. The molecule has 0 atom stereocenters. The number of aryl methyl sites for hydroxylation is 2. The molecule has 116 valence electrons. The molecule has 1 aromatic heterocycles. The van der Waals surface area contributed by atoms with Crippen LogP contribution in [0.1, 0.15) is 17.7 Å². The number of hydrogen-bond donors (Lipinski definition) is 1. The fraction of sp³-hybridized carbons (Fsp3) is 0.333. The number of anilines is 2. The molecule has 0 spiro atoms. The molecule has 0 saturated carbocycles. The van der Waals surface area contributed by atoms with Gasteiger partial charge in [0.2, 0.25) is 5.91 Å². The van der Waals surface area contributed by atoms with Crippen LogP contribution < -0.4 is 10.2 Å². The predicted molar refractivity (Wildman–Crippen MR) is 76.8 cm³/mol. The van der Waals surface area contributed by atoms with Crippen molar-refractivity contribution in [1.29, 1.82) is 0 Å². The van der Waals surface area contributed by atoms with Crippen molar-refractivity contribution in [2.45, 2.75) is 19.8 Å². The molecule has 1 N–H and O–H groups in total. The van der Waals surface area contributed by atoms with Crippen molar-refractivity contribution in [1.82, 2.24) is 5.16 Å². The van der Waals surface area contributed by atoms with Gasteiger partial charge in [-0.15, -0.1) is 0 Å². The van der Waals surface area contributed by atoms with Crippen LogP contribution in [-0.2, 0) is 11.2 Å². The normalized spacial score (nSPS) is 13.9. The summed E-state index contributed by atoms with van der Waals surface area (Å²) in [6.07, 6.45) is 1.46. The highest BCUT2D eigenvalue weighted by molar-refractivity contribution is 5.93. The van der Waals surface area contributed by atoms with Crippen molar-refractivity contribution < 1.29 is 18.1 Å². The second-order valence-electron chi connectivity index (χ2n) is 5.29. The Morgan fingerprint density at radius 1 is 1.36 bits per heavy atom. The highest BCUT2D eigenvalue weighted by Gasteiger charge is 2.22. The van der Waals surface area contributed by atoms with Crippen LogP contribution in [0.3, 0.4) is 0 Å². The number of aromatic nitrogens is 1. The maximum Gasteiger partial charge on any atom is 0.245 e. The SMILES string of the molecule is Cc1cc(NC(=O)CN2CCCc3cc(F)c(F)cc32)no1. The van der Waals surface area contributed by atoms with Crippen LogP contribution in [-0.4, -0.2) is 24.2 Å². The molecule has 2 heterocycles. The maximum absolute atomic E-state index is 13.4. The van der Waals surface area contributed by atoms with E-state index in [0.717, 1.165) is 18.1 Å². The fourth-order valence-electron chi connectivity index (χ4n) is 2.60. The van der Waals surface area contributed by atoms with E-state index >= 15 is 0 Å². The van der Waals surface area contributed by atoms with E-state index in [1.54, 1.807) is 17.9 Å². The second-order valence-corrected chi connectivity index (χ2v) is 5.29. The van der Waals surface area contributed by atoms with Gasteiger partial charge in [-0.2, -0.15) is 0 Å². The minimum atomic E-state index is -0.904. The average molecular weight is 307 g/mol. The first-order valence-electron chi connectivity index (χ1n) is 6.99. The Balaban J connectivity index is 1.74. The Morgan fingerprint density at radius 2 is 2.14 bits per heavy atom. The number of hydrogen-bond acceptors (Lipinski definition) is 4. The lowest BCUT2D eigenvalue weighted by Gasteiger charge is -2.30. The summed E-state index contributed by atoms with van der Waals surface area (Å²) in [5.41, 5.74) is 1.28. The van der Waals surface area contributed by atoms with E-state index in [0.29, 0.717) is 30.2 Å². The Morgan fingerprint density at radius 3 is 2.86 bits per heavy atom. The van der Waals surface area contributed by atoms with Crippen LogP contribution in [0.15, 0.2) is 22.7 Å². The summed E-state index contributed by atoms with van der Waals surface area (Å²) >= 11 is 0. The topological polar surface area (TPSA) is 58.4 Å². The number of fused-ring (bicyclic) bond motifs is 1. The molecule has 1 aliphatic heterocycles. The van der Waals surface area contributed by atoms with Crippen LogP contribution in [0, 0.1) is 18.6 Å². The molecule has 22 heavy (non-hydrogen) atoms. The highest BCUT2D eigenvalue weighted by atomic mass is 19.2. The van der Waals surface area contributed by atoms with E-state index in [1.807, 2.05) is 0 Å². The first kappa shape index (κ1) is 14.5. The summed E-state index contributed by atoms with van der Waals surface area (Å²) in [7, 11) is 0. The lowest BCUT2D eigenvalue weighted by Crippen LogP contribution is -2.37. The second kappa shape index (κ2) is 5.75. The number of nitrogens with one attached hydrogen (secondary N) is 1. The van der Waals surface area contributed by atoms with E-state index in [9.17, 15) is 13.6 Å². The number of nitrogens with zero attached hydrogens (tertiary/aromatic N) is 2. The molecule has 0 radical (unpaired) electrons. The number of benzene rings is 1. The van der Waals surface area contributed by atoms with Gasteiger partial charge in [-0.3, -0.25) is 4.79 Å². The third-order valence-electron chi connectivity index (χ3n) is 3.57. The van der Waals surface area contributed by atoms with Gasteiger partial charge in [0.15, 0.2) is 17.5 Å². The summed E-state index contributed by atoms with van der Waals surface area (Å²) in [6, 6.07) is 3.96. The van der Waals surface area contributed by atoms with Gasteiger partial charge < -0.3 is 14.7 Å². The zero-order chi connectivity index (χ0) is 15.7. The zero-order valence-electron chi connectivity index (χ0n) is 12.0. The molecule has 0 fully saturated rings. The quantitative estimate of drug-likeness (QED) is 0.947. The summed E-state index contributed by atoms with van der Waals surface area (Å²) in [5, 5.41) is 6.30. The van der Waals surface area contributed by atoms with Gasteiger partial charge in [-0.1, -0.05) is 5.16 Å². The lowest BCUT2D eigenvalue weighted by atomic mass is 10.0. The monoisotopic (exact) mass is 307 g/mol. The van der Waals surface area contributed by atoms with Crippen molar-refractivity contribution in [2.75, 3.05) is 23.3 Å². The largest absolute Gasteiger partial charge is 0.362 e. The van der Waals surface area contributed by atoms with Crippen LogP contribution in [0.2, 0.25) is 0 Å². The van der Waals surface area contributed by atoms with Gasteiger partial charge in [0.25, 0.3) is 0 Å². The average Bonchev–Trinajstić information content (AvgIpc) is 2.86. The minimum Gasteiger partial charge on any atom is -0.362 e. The van der Waals surface area contributed by atoms with Gasteiger partial charge in [0, 0.05) is 24.4 Å². The molecular weight excluding hydrogens is 292 g/mol. The molecule has 0 saturated heterocycles. The van der Waals surface area contributed by atoms with Crippen molar-refractivity contribution in [3.63, 3.8) is 0 Å². The van der Waals surface area contributed by atoms with Crippen LogP contribution >= 0.6 is 0 Å². The van der Waals surface area contributed by atoms with E-state index < -0.39 is 11.6 Å². The Labute approximate surface area is 125 Å². The molecule has 0 aliphatic carbocycles. The van der Waals surface area contributed by atoms with E-state index in [2.05, 4.69) is 10.5 Å². The van der Waals surface area contributed by atoms with Crippen molar-refractivity contribution in [3.8, 4) is 0 Å². The Kier molecular flexibility index (Phi) is 3.79. The van der Waals surface area contributed by atoms with Crippen LogP contribution in [0.25, 0.3) is 0 Å². The van der Waals surface area contributed by atoms with Crippen LogP contribution in [0.5, 0.6) is 0 Å². The van der Waals surface area contributed by atoms with Crippen molar-refractivity contribution >= 4 is 17.4 Å².